The van der Waals surface area contributed by atoms with Crippen molar-refractivity contribution in [2.75, 3.05) is 6.61 Å². The van der Waals surface area contributed by atoms with Crippen molar-refractivity contribution in [2.45, 2.75) is 11.5 Å². The van der Waals surface area contributed by atoms with E-state index in [4.69, 9.17) is 9.57 Å². The summed E-state index contributed by atoms with van der Waals surface area (Å²) in [6.07, 6.45) is -0.793. The number of benzene rings is 4. The van der Waals surface area contributed by atoms with Crippen molar-refractivity contribution in [2.24, 2.45) is 11.1 Å². The Balaban J connectivity index is 1.36. The van der Waals surface area contributed by atoms with Crippen LogP contribution in [0.1, 0.15) is 22.8 Å². The molecule has 2 aliphatic heterocycles. The van der Waals surface area contributed by atoms with Gasteiger partial charge in [-0.25, -0.2) is 4.79 Å². The smallest absolute Gasteiger partial charge is 0.328 e. The summed E-state index contributed by atoms with van der Waals surface area (Å²) in [6.45, 7) is -0.635. The predicted molar refractivity (Wildman–Crippen MR) is 145 cm³/mol. The molecule has 1 fully saturated rings. The van der Waals surface area contributed by atoms with Gasteiger partial charge in [-0.05, 0) is 28.0 Å². The van der Waals surface area contributed by atoms with Crippen molar-refractivity contribution in [3.8, 4) is 0 Å². The van der Waals surface area contributed by atoms with Crippen molar-refractivity contribution >= 4 is 40.3 Å². The Morgan fingerprint density at radius 2 is 1.43 bits per heavy atom. The molecule has 0 saturated carbocycles. The Labute approximate surface area is 228 Å². The minimum absolute atomic E-state index is 0.274. The van der Waals surface area contributed by atoms with Crippen molar-refractivity contribution in [3.63, 3.8) is 0 Å². The van der Waals surface area contributed by atoms with Gasteiger partial charge in [0.05, 0.1) is 0 Å². The molecule has 2 N–H and O–H groups in total. The number of imide groups is 2. The van der Waals surface area contributed by atoms with E-state index >= 15 is 0 Å². The molecule has 0 spiro atoms. The minimum atomic E-state index is -1.97. The quantitative estimate of drug-likeness (QED) is 0.287. The van der Waals surface area contributed by atoms with Gasteiger partial charge in [-0.1, -0.05) is 102 Å². The molecule has 198 valence electrons. The first kappa shape index (κ1) is 25.0. The predicted octanol–water partition coefficient (Wildman–Crippen LogP) is 3.78. The lowest BCUT2D eigenvalue weighted by molar-refractivity contribution is -0.155. The fourth-order valence-corrected chi connectivity index (χ4v) is 5.11. The van der Waals surface area contributed by atoms with Gasteiger partial charge in [0.25, 0.3) is 11.8 Å². The van der Waals surface area contributed by atoms with E-state index in [-0.39, 0.29) is 5.56 Å². The van der Waals surface area contributed by atoms with Crippen LogP contribution in [0.15, 0.2) is 108 Å². The molecule has 40 heavy (non-hydrogen) atoms. The van der Waals surface area contributed by atoms with E-state index in [2.05, 4.69) is 15.8 Å². The zero-order valence-electron chi connectivity index (χ0n) is 21.1. The molecular formula is C31H23N3O6. The Morgan fingerprint density at radius 3 is 2.12 bits per heavy atom. The Hall–Kier alpha value is -5.31. The average molecular weight is 534 g/mol. The molecular weight excluding hydrogens is 510 g/mol. The van der Waals surface area contributed by atoms with E-state index in [0.717, 1.165) is 10.8 Å². The topological polar surface area (TPSA) is 123 Å². The monoisotopic (exact) mass is 533 g/mol. The van der Waals surface area contributed by atoms with Crippen LogP contribution >= 0.6 is 0 Å². The molecule has 0 aromatic heterocycles. The molecule has 2 heterocycles. The number of amides is 4. The molecule has 4 amide bonds. The number of barbiturate groups is 1. The first-order chi connectivity index (χ1) is 19.5. The first-order valence-electron chi connectivity index (χ1n) is 12.6. The average Bonchev–Trinajstić information content (AvgIpc) is 3.43. The van der Waals surface area contributed by atoms with Crippen molar-refractivity contribution < 1.29 is 28.8 Å². The van der Waals surface area contributed by atoms with Gasteiger partial charge in [-0.2, -0.15) is 0 Å². The second kappa shape index (κ2) is 10.1. The van der Waals surface area contributed by atoms with Gasteiger partial charge in [-0.15, -0.1) is 0 Å². The number of carbonyl (C=O) groups excluding carboxylic acids is 4. The van der Waals surface area contributed by atoms with Gasteiger partial charge in [-0.3, -0.25) is 25.0 Å². The molecule has 0 radical (unpaired) electrons. The van der Waals surface area contributed by atoms with Gasteiger partial charge in [0.15, 0.2) is 11.5 Å². The number of ether oxygens (including phenoxy) is 1. The second-order valence-electron chi connectivity index (χ2n) is 9.57. The highest BCUT2D eigenvalue weighted by Gasteiger charge is 2.54. The maximum atomic E-state index is 13.9. The maximum absolute atomic E-state index is 13.9. The van der Waals surface area contributed by atoms with Crippen molar-refractivity contribution in [1.82, 2.24) is 10.6 Å². The largest absolute Gasteiger partial charge is 0.463 e. The van der Waals surface area contributed by atoms with Crippen LogP contribution in [-0.2, 0) is 29.4 Å². The molecule has 2 aliphatic rings. The molecule has 1 saturated heterocycles. The number of hydrogen-bond acceptors (Lipinski definition) is 7. The number of fused-ring (bicyclic) bond motifs is 1. The van der Waals surface area contributed by atoms with Crippen LogP contribution in [-0.4, -0.2) is 36.1 Å². The van der Waals surface area contributed by atoms with E-state index in [0.29, 0.717) is 16.8 Å². The Morgan fingerprint density at radius 1 is 0.800 bits per heavy atom. The third-order valence-corrected chi connectivity index (χ3v) is 7.22. The summed E-state index contributed by atoms with van der Waals surface area (Å²) in [5.74, 6) is -3.49. The van der Waals surface area contributed by atoms with E-state index in [1.807, 2.05) is 72.8 Å². The summed E-state index contributed by atoms with van der Waals surface area (Å²) in [6, 6.07) is 29.9. The zero-order chi connectivity index (χ0) is 27.7. The summed E-state index contributed by atoms with van der Waals surface area (Å²) in [7, 11) is 0. The van der Waals surface area contributed by atoms with Crippen LogP contribution in [0.5, 0.6) is 0 Å². The van der Waals surface area contributed by atoms with E-state index in [9.17, 15) is 19.2 Å². The number of urea groups is 1. The normalized spacial score (nSPS) is 19.8. The number of carbonyl (C=O) groups is 4. The zero-order valence-corrected chi connectivity index (χ0v) is 21.1. The van der Waals surface area contributed by atoms with Gasteiger partial charge >= 0.3 is 12.0 Å². The number of nitrogens with one attached hydrogen (secondary N) is 2. The van der Waals surface area contributed by atoms with Crippen molar-refractivity contribution in [1.29, 1.82) is 0 Å². The fourth-order valence-electron chi connectivity index (χ4n) is 5.11. The highest BCUT2D eigenvalue weighted by Crippen LogP contribution is 2.37. The van der Waals surface area contributed by atoms with Crippen LogP contribution in [0.25, 0.3) is 10.8 Å². The van der Waals surface area contributed by atoms with Crippen LogP contribution < -0.4 is 10.6 Å². The number of rotatable bonds is 6. The molecule has 0 unspecified atom stereocenters. The molecule has 9 heteroatoms. The van der Waals surface area contributed by atoms with Crippen LogP contribution in [0.4, 0.5) is 4.79 Å². The lowest BCUT2D eigenvalue weighted by Gasteiger charge is -2.34. The molecule has 4 aromatic carbocycles. The minimum Gasteiger partial charge on any atom is -0.463 e. The number of oxime groups is 1. The SMILES string of the molecule is O=C1NC(=O)C(COC(=O)[C@@H]2C(c3ccc4ccccc4c3)=NO[C@H]2c2ccccc2)(c2ccccc2)C(=O)N1. The van der Waals surface area contributed by atoms with E-state index in [1.165, 1.54) is 0 Å². The summed E-state index contributed by atoms with van der Waals surface area (Å²) in [5, 5.41) is 10.5. The standard InChI is InChI=1S/C31H23N3O6/c35-27(39-18-31(23-13-5-2-6-14-23)28(36)32-30(38)33-29(31)37)24-25(34-40-26(24)20-10-3-1-4-11-20)22-16-15-19-9-7-8-12-21(19)17-22/h1-17,24,26H,18H2,(H2,32,33,36,37,38)/t24-,26+/m1/s1. The second-order valence-corrected chi connectivity index (χ2v) is 9.57. The Bertz CT molecular complexity index is 1650. The van der Waals surface area contributed by atoms with Crippen LogP contribution in [0.3, 0.4) is 0 Å². The highest BCUT2D eigenvalue weighted by atomic mass is 16.6. The van der Waals surface area contributed by atoms with Gasteiger partial charge < -0.3 is 9.57 Å². The summed E-state index contributed by atoms with van der Waals surface area (Å²) < 4.78 is 5.76. The maximum Gasteiger partial charge on any atom is 0.328 e. The van der Waals surface area contributed by atoms with Gasteiger partial charge in [0.1, 0.15) is 18.2 Å². The summed E-state index contributed by atoms with van der Waals surface area (Å²) in [4.78, 5) is 57.8. The van der Waals surface area contributed by atoms with Crippen LogP contribution in [0.2, 0.25) is 0 Å². The van der Waals surface area contributed by atoms with Gasteiger partial charge in [0, 0.05) is 5.56 Å². The lowest BCUT2D eigenvalue weighted by atomic mass is 9.78. The molecule has 0 bridgehead atoms. The van der Waals surface area contributed by atoms with E-state index in [1.54, 1.807) is 30.3 Å². The molecule has 0 aliphatic carbocycles. The summed E-state index contributed by atoms with van der Waals surface area (Å²) >= 11 is 0. The number of esters is 1. The summed E-state index contributed by atoms with van der Waals surface area (Å²) in [5.41, 5.74) is 0.0606. The first-order valence-corrected chi connectivity index (χ1v) is 12.6. The molecule has 6 rings (SSSR count). The molecule has 4 aromatic rings. The lowest BCUT2D eigenvalue weighted by Crippen LogP contribution is -2.66. The van der Waals surface area contributed by atoms with Crippen molar-refractivity contribution in [3.05, 3.63) is 120 Å². The Kier molecular flexibility index (Phi) is 6.31. The molecule has 2 atom stereocenters. The fraction of sp³-hybridized carbons (Fsp3) is 0.129. The third-order valence-electron chi connectivity index (χ3n) is 7.22. The van der Waals surface area contributed by atoms with Crippen LogP contribution in [0, 0.1) is 5.92 Å². The number of nitrogens with zero attached hydrogens (tertiary/aromatic N) is 1. The van der Waals surface area contributed by atoms with E-state index < -0.39 is 47.9 Å². The highest BCUT2D eigenvalue weighted by molar-refractivity contribution is 6.23. The number of hydrogen-bond donors (Lipinski definition) is 2. The molecule has 9 nitrogen and oxygen atoms in total. The van der Waals surface area contributed by atoms with Gasteiger partial charge in [0.2, 0.25) is 0 Å². The third kappa shape index (κ3) is 4.27.